The Hall–Kier alpha value is -2.67. The van der Waals surface area contributed by atoms with Crippen molar-refractivity contribution in [2.45, 2.75) is 83.7 Å². The summed E-state index contributed by atoms with van der Waals surface area (Å²) in [5, 5.41) is 4.99. The smallest absolute Gasteiger partial charge is 0.233 e. The quantitative estimate of drug-likeness (QED) is 0.322. The molecule has 0 spiro atoms. The second-order valence-electron chi connectivity index (χ2n) is 13.4. The Labute approximate surface area is 245 Å². The maximum Gasteiger partial charge on any atom is 0.233 e. The number of amides is 1. The van der Waals surface area contributed by atoms with Gasteiger partial charge >= 0.3 is 0 Å². The van der Waals surface area contributed by atoms with Crippen molar-refractivity contribution in [3.63, 3.8) is 0 Å². The van der Waals surface area contributed by atoms with Crippen LogP contribution in [0.5, 0.6) is 0 Å². The van der Waals surface area contributed by atoms with Gasteiger partial charge in [0, 0.05) is 55.7 Å². The number of H-pyrrole nitrogens is 1. The molecule has 1 aromatic heterocycles. The predicted octanol–water partition coefficient (Wildman–Crippen LogP) is 5.91. The van der Waals surface area contributed by atoms with Crippen molar-refractivity contribution in [2.75, 3.05) is 45.9 Å². The summed E-state index contributed by atoms with van der Waals surface area (Å²) in [6.07, 6.45) is 4.68. The molecule has 220 valence electrons. The molecule has 3 aliphatic rings. The molecule has 41 heavy (non-hydrogen) atoms. The number of hydrogen-bond acceptors (Lipinski definition) is 4. The van der Waals surface area contributed by atoms with E-state index in [4.69, 9.17) is 4.74 Å². The number of benzene rings is 2. The third-order valence-corrected chi connectivity index (χ3v) is 9.94. The van der Waals surface area contributed by atoms with Crippen LogP contribution in [0.2, 0.25) is 0 Å². The number of nitrogens with one attached hydrogen (secondary N) is 2. The molecule has 6 heteroatoms. The summed E-state index contributed by atoms with van der Waals surface area (Å²) >= 11 is 0. The highest BCUT2D eigenvalue weighted by molar-refractivity contribution is 5.95. The highest BCUT2D eigenvalue weighted by Crippen LogP contribution is 2.42. The molecule has 0 radical (unpaired) electrons. The second kappa shape index (κ2) is 11.5. The molecule has 2 bridgehead atoms. The average molecular weight is 557 g/mol. The van der Waals surface area contributed by atoms with Crippen LogP contribution in [-0.2, 0) is 14.9 Å². The van der Waals surface area contributed by atoms with Gasteiger partial charge in [-0.2, -0.15) is 0 Å². The minimum Gasteiger partial charge on any atom is -0.379 e. The van der Waals surface area contributed by atoms with E-state index in [0.717, 1.165) is 57.0 Å². The lowest BCUT2D eigenvalue weighted by atomic mass is 9.81. The van der Waals surface area contributed by atoms with Gasteiger partial charge in [-0.05, 0) is 100 Å². The third kappa shape index (κ3) is 5.59. The summed E-state index contributed by atoms with van der Waals surface area (Å²) in [5.74, 6) is 0.596. The lowest BCUT2D eigenvalue weighted by Gasteiger charge is -2.33. The summed E-state index contributed by atoms with van der Waals surface area (Å²) in [7, 11) is 0. The van der Waals surface area contributed by atoms with Crippen molar-refractivity contribution in [1.82, 2.24) is 20.1 Å². The standard InChI is InChI=1S/C35H48N4O2/c1-23-18-24(2)20-26(19-23)33-32(25(3)22-36-12-13-38-14-16-41-17-15-38)30-21-27(6-11-31(30)37-33)35(4,5)34(40)39-28-7-8-29(39)10-9-28/h6,11,18-21,25,28-29,36-37H,7-10,12-17,22H2,1-5H3. The highest BCUT2D eigenvalue weighted by atomic mass is 16.5. The molecule has 1 unspecified atom stereocenters. The first-order valence-corrected chi connectivity index (χ1v) is 15.8. The van der Waals surface area contributed by atoms with Crippen molar-refractivity contribution in [2.24, 2.45) is 0 Å². The minimum absolute atomic E-state index is 0.297. The van der Waals surface area contributed by atoms with Crippen LogP contribution in [0.4, 0.5) is 0 Å². The first kappa shape index (κ1) is 28.4. The van der Waals surface area contributed by atoms with Gasteiger partial charge in [-0.3, -0.25) is 9.69 Å². The zero-order chi connectivity index (χ0) is 28.7. The van der Waals surface area contributed by atoms with Gasteiger partial charge in [0.2, 0.25) is 5.91 Å². The van der Waals surface area contributed by atoms with E-state index in [0.29, 0.717) is 23.9 Å². The molecule has 0 aliphatic carbocycles. The Morgan fingerprint density at radius 1 is 1.02 bits per heavy atom. The van der Waals surface area contributed by atoms with Crippen LogP contribution in [-0.4, -0.2) is 78.7 Å². The molecule has 0 saturated carbocycles. The van der Waals surface area contributed by atoms with Gasteiger partial charge in [0.25, 0.3) is 0 Å². The number of morpholine rings is 1. The Balaban J connectivity index is 1.32. The first-order valence-electron chi connectivity index (χ1n) is 15.8. The fourth-order valence-corrected chi connectivity index (χ4v) is 7.63. The van der Waals surface area contributed by atoms with Gasteiger partial charge in [0.15, 0.2) is 0 Å². The summed E-state index contributed by atoms with van der Waals surface area (Å²) in [6, 6.07) is 14.4. The van der Waals surface area contributed by atoms with E-state index in [1.807, 2.05) is 0 Å². The average Bonchev–Trinajstić information content (AvgIpc) is 3.67. The maximum absolute atomic E-state index is 14.0. The monoisotopic (exact) mass is 556 g/mol. The Morgan fingerprint density at radius 3 is 2.34 bits per heavy atom. The molecular weight excluding hydrogens is 508 g/mol. The van der Waals surface area contributed by atoms with Crippen molar-refractivity contribution >= 4 is 16.8 Å². The summed E-state index contributed by atoms with van der Waals surface area (Å²) in [4.78, 5) is 22.5. The largest absolute Gasteiger partial charge is 0.379 e. The molecule has 3 aliphatic heterocycles. The number of carbonyl (C=O) groups excluding carboxylic acids is 1. The third-order valence-electron chi connectivity index (χ3n) is 9.94. The van der Waals surface area contributed by atoms with Crippen LogP contribution in [0.3, 0.4) is 0 Å². The second-order valence-corrected chi connectivity index (χ2v) is 13.4. The van der Waals surface area contributed by atoms with Crippen LogP contribution >= 0.6 is 0 Å². The lowest BCUT2D eigenvalue weighted by molar-refractivity contribution is -0.137. The van der Waals surface area contributed by atoms with Gasteiger partial charge in [0.1, 0.15) is 0 Å². The van der Waals surface area contributed by atoms with E-state index >= 15 is 0 Å². The van der Waals surface area contributed by atoms with Crippen LogP contribution in [0.25, 0.3) is 22.2 Å². The molecule has 6 nitrogen and oxygen atoms in total. The summed E-state index contributed by atoms with van der Waals surface area (Å²) in [6.45, 7) is 17.6. The number of ether oxygens (including phenoxy) is 1. The fraction of sp³-hybridized carbons (Fsp3) is 0.571. The molecule has 3 fully saturated rings. The first-order chi connectivity index (χ1) is 19.7. The molecule has 1 atom stereocenters. The number of nitrogens with zero attached hydrogens (tertiary/aromatic N) is 2. The maximum atomic E-state index is 14.0. The molecule has 3 saturated heterocycles. The van der Waals surface area contributed by atoms with Gasteiger partial charge in [0.05, 0.1) is 24.3 Å². The van der Waals surface area contributed by atoms with E-state index in [9.17, 15) is 4.79 Å². The van der Waals surface area contributed by atoms with E-state index in [1.54, 1.807) is 0 Å². The van der Waals surface area contributed by atoms with Crippen molar-refractivity contribution in [3.8, 4) is 11.3 Å². The Morgan fingerprint density at radius 2 is 1.68 bits per heavy atom. The van der Waals surface area contributed by atoms with Gasteiger partial charge in [-0.1, -0.05) is 30.2 Å². The van der Waals surface area contributed by atoms with Crippen LogP contribution in [0.1, 0.15) is 74.6 Å². The van der Waals surface area contributed by atoms with Crippen molar-refractivity contribution < 1.29 is 9.53 Å². The molecule has 2 N–H and O–H groups in total. The Bertz CT molecular complexity index is 1360. The molecular formula is C35H48N4O2. The van der Waals surface area contributed by atoms with Gasteiger partial charge in [-0.15, -0.1) is 0 Å². The normalized spacial score (nSPS) is 22.1. The van der Waals surface area contributed by atoms with Crippen LogP contribution < -0.4 is 5.32 Å². The number of aryl methyl sites for hydroxylation is 2. The van der Waals surface area contributed by atoms with Crippen molar-refractivity contribution in [1.29, 1.82) is 0 Å². The SMILES string of the molecule is Cc1cc(C)cc(-c2[nH]c3ccc(C(C)(C)C(=O)N4C5CCC4CC5)cc3c2C(C)CNCCN2CCOCC2)c1. The number of aromatic nitrogens is 1. The Kier molecular flexibility index (Phi) is 8.01. The number of aromatic amines is 1. The predicted molar refractivity (Wildman–Crippen MR) is 168 cm³/mol. The molecule has 3 aromatic rings. The topological polar surface area (TPSA) is 60.6 Å². The lowest BCUT2D eigenvalue weighted by Crippen LogP contribution is -2.45. The van der Waals surface area contributed by atoms with Gasteiger partial charge < -0.3 is 19.9 Å². The summed E-state index contributed by atoms with van der Waals surface area (Å²) in [5.41, 5.74) is 8.02. The number of hydrogen-bond donors (Lipinski definition) is 2. The van der Waals surface area contributed by atoms with Crippen molar-refractivity contribution in [3.05, 3.63) is 58.7 Å². The van der Waals surface area contributed by atoms with E-state index in [2.05, 4.69) is 91.1 Å². The van der Waals surface area contributed by atoms with E-state index in [-0.39, 0.29) is 0 Å². The number of fused-ring (bicyclic) bond motifs is 3. The molecule has 2 aromatic carbocycles. The van der Waals surface area contributed by atoms with E-state index < -0.39 is 5.41 Å². The summed E-state index contributed by atoms with van der Waals surface area (Å²) < 4.78 is 5.51. The zero-order valence-corrected chi connectivity index (χ0v) is 25.7. The minimum atomic E-state index is -0.562. The van der Waals surface area contributed by atoms with Crippen LogP contribution in [0, 0.1) is 13.8 Å². The zero-order valence-electron chi connectivity index (χ0n) is 25.7. The molecule has 4 heterocycles. The fourth-order valence-electron chi connectivity index (χ4n) is 7.63. The number of carbonyl (C=O) groups is 1. The van der Waals surface area contributed by atoms with Gasteiger partial charge in [-0.25, -0.2) is 0 Å². The molecule has 6 rings (SSSR count). The van der Waals surface area contributed by atoms with Crippen LogP contribution in [0.15, 0.2) is 36.4 Å². The van der Waals surface area contributed by atoms with E-state index in [1.165, 1.54) is 59.0 Å². The highest BCUT2D eigenvalue weighted by Gasteiger charge is 2.47. The number of rotatable bonds is 9. The molecule has 1 amide bonds.